The molecule has 2 amide bonds. The van der Waals surface area contributed by atoms with Gasteiger partial charge in [0.2, 0.25) is 11.8 Å². The highest BCUT2D eigenvalue weighted by Gasteiger charge is 2.40. The molecule has 2 N–H and O–H groups in total. The van der Waals surface area contributed by atoms with Crippen LogP contribution in [0.3, 0.4) is 0 Å². The van der Waals surface area contributed by atoms with Crippen molar-refractivity contribution in [3.63, 3.8) is 0 Å². The lowest BCUT2D eigenvalue weighted by molar-refractivity contribution is -0.137. The Bertz CT molecular complexity index is 632. The first-order chi connectivity index (χ1) is 13.2. The zero-order valence-electron chi connectivity index (χ0n) is 16.4. The van der Waals surface area contributed by atoms with Gasteiger partial charge in [0.05, 0.1) is 6.04 Å². The summed E-state index contributed by atoms with van der Waals surface area (Å²) in [6, 6.07) is 4.71. The first-order valence-electron chi connectivity index (χ1n) is 10.6. The number of likely N-dealkylation sites (tertiary alicyclic amines) is 1. The lowest BCUT2D eigenvalue weighted by Gasteiger charge is -2.33. The molecule has 4 rings (SSSR count). The number of halogens is 1. The van der Waals surface area contributed by atoms with Crippen molar-refractivity contribution in [3.05, 3.63) is 22.4 Å². The second-order valence-corrected chi connectivity index (χ2v) is 9.36. The van der Waals surface area contributed by atoms with E-state index in [1.807, 2.05) is 11.0 Å². The van der Waals surface area contributed by atoms with E-state index in [2.05, 4.69) is 22.1 Å². The number of hydrogen-bond acceptors (Lipinski definition) is 4. The minimum absolute atomic E-state index is 0. The van der Waals surface area contributed by atoms with E-state index in [0.29, 0.717) is 18.5 Å². The molecular weight excluding hydrogens is 394 g/mol. The lowest BCUT2D eigenvalue weighted by Crippen LogP contribution is -2.49. The summed E-state index contributed by atoms with van der Waals surface area (Å²) in [6.45, 7) is 2.14. The summed E-state index contributed by atoms with van der Waals surface area (Å²) in [6.07, 6.45) is 8.59. The number of rotatable bonds is 5. The second-order valence-electron chi connectivity index (χ2n) is 8.33. The van der Waals surface area contributed by atoms with Gasteiger partial charge in [0, 0.05) is 36.5 Å². The van der Waals surface area contributed by atoms with E-state index in [9.17, 15) is 9.59 Å². The number of thiophene rings is 1. The molecule has 1 aliphatic carbocycles. The van der Waals surface area contributed by atoms with E-state index in [-0.39, 0.29) is 36.2 Å². The Morgan fingerprint density at radius 2 is 1.96 bits per heavy atom. The highest BCUT2D eigenvalue weighted by Crippen LogP contribution is 2.34. The summed E-state index contributed by atoms with van der Waals surface area (Å²) < 4.78 is 0. The standard InChI is InChI=1S/C21H31N3O2S.ClH/c25-20(22-10-7-17-5-3-13-27-17)15-8-11-24(12-9-15)21(26)19-14-16-4-1-2-6-18(16)23-19;/h3,5,13,15-16,18-19,23H,1-2,4,6-12,14H2,(H,22,25);1H. The number of nitrogens with zero attached hydrogens (tertiary/aromatic N) is 1. The van der Waals surface area contributed by atoms with Gasteiger partial charge >= 0.3 is 0 Å². The molecule has 28 heavy (non-hydrogen) atoms. The summed E-state index contributed by atoms with van der Waals surface area (Å²) in [4.78, 5) is 28.6. The highest BCUT2D eigenvalue weighted by atomic mass is 35.5. The molecule has 1 aromatic heterocycles. The molecule has 0 spiro atoms. The molecule has 5 nitrogen and oxygen atoms in total. The van der Waals surface area contributed by atoms with Crippen LogP contribution in [0.5, 0.6) is 0 Å². The van der Waals surface area contributed by atoms with Crippen molar-refractivity contribution in [3.8, 4) is 0 Å². The van der Waals surface area contributed by atoms with Crippen LogP contribution in [0.2, 0.25) is 0 Å². The van der Waals surface area contributed by atoms with Gasteiger partial charge in [-0.1, -0.05) is 18.9 Å². The van der Waals surface area contributed by atoms with E-state index >= 15 is 0 Å². The van der Waals surface area contributed by atoms with Gasteiger partial charge in [-0.2, -0.15) is 0 Å². The topological polar surface area (TPSA) is 61.4 Å². The quantitative estimate of drug-likeness (QED) is 0.762. The van der Waals surface area contributed by atoms with Crippen molar-refractivity contribution in [1.29, 1.82) is 0 Å². The SMILES string of the molecule is Cl.O=C(NCCc1cccs1)C1CCN(C(=O)C2CC3CCCCC3N2)CC1. The largest absolute Gasteiger partial charge is 0.355 e. The Morgan fingerprint density at radius 1 is 1.18 bits per heavy atom. The highest BCUT2D eigenvalue weighted by molar-refractivity contribution is 7.09. The Hall–Kier alpha value is -1.11. The fraction of sp³-hybridized carbons (Fsp3) is 0.714. The van der Waals surface area contributed by atoms with Gasteiger partial charge < -0.3 is 15.5 Å². The average Bonchev–Trinajstić information content (AvgIpc) is 3.37. The number of carbonyl (C=O) groups excluding carboxylic acids is 2. The van der Waals surface area contributed by atoms with Crippen LogP contribution in [-0.2, 0) is 16.0 Å². The van der Waals surface area contributed by atoms with Gasteiger partial charge in [0.25, 0.3) is 0 Å². The van der Waals surface area contributed by atoms with Crippen molar-refractivity contribution in [2.45, 2.75) is 63.5 Å². The minimum atomic E-state index is 0. The van der Waals surface area contributed by atoms with Crippen LogP contribution in [0.1, 0.15) is 49.8 Å². The third kappa shape index (κ3) is 5.08. The molecule has 2 saturated heterocycles. The third-order valence-electron chi connectivity index (χ3n) is 6.59. The van der Waals surface area contributed by atoms with Crippen LogP contribution in [-0.4, -0.2) is 48.4 Å². The Balaban J connectivity index is 0.00000225. The molecule has 3 heterocycles. The predicted octanol–water partition coefficient (Wildman–Crippen LogP) is 2.99. The minimum Gasteiger partial charge on any atom is -0.355 e. The van der Waals surface area contributed by atoms with Crippen LogP contribution in [0, 0.1) is 11.8 Å². The Kier molecular flexibility index (Phi) is 7.77. The smallest absolute Gasteiger partial charge is 0.239 e. The molecule has 0 bridgehead atoms. The van der Waals surface area contributed by atoms with Crippen LogP contribution in [0.4, 0.5) is 0 Å². The van der Waals surface area contributed by atoms with E-state index in [1.54, 1.807) is 11.3 Å². The lowest BCUT2D eigenvalue weighted by atomic mass is 9.85. The van der Waals surface area contributed by atoms with E-state index < -0.39 is 0 Å². The van der Waals surface area contributed by atoms with Gasteiger partial charge in [-0.05, 0) is 55.9 Å². The summed E-state index contributed by atoms with van der Waals surface area (Å²) in [7, 11) is 0. The van der Waals surface area contributed by atoms with Crippen molar-refractivity contribution in [2.24, 2.45) is 11.8 Å². The van der Waals surface area contributed by atoms with Crippen LogP contribution < -0.4 is 10.6 Å². The van der Waals surface area contributed by atoms with Crippen LogP contribution in [0.15, 0.2) is 17.5 Å². The number of fused-ring (bicyclic) bond motifs is 1. The average molecular weight is 426 g/mol. The van der Waals surface area contributed by atoms with Gasteiger partial charge in [-0.3, -0.25) is 9.59 Å². The molecular formula is C21H32ClN3O2S. The predicted molar refractivity (Wildman–Crippen MR) is 115 cm³/mol. The van der Waals surface area contributed by atoms with Crippen LogP contribution >= 0.6 is 23.7 Å². The number of piperidine rings is 1. The third-order valence-corrected chi connectivity index (χ3v) is 7.53. The van der Waals surface area contributed by atoms with Crippen LogP contribution in [0.25, 0.3) is 0 Å². The summed E-state index contributed by atoms with van der Waals surface area (Å²) in [5.41, 5.74) is 0. The molecule has 3 atom stereocenters. The van der Waals surface area contributed by atoms with Gasteiger partial charge in [-0.25, -0.2) is 0 Å². The first kappa shape index (κ1) is 21.6. The van der Waals surface area contributed by atoms with Gasteiger partial charge in [0.15, 0.2) is 0 Å². The van der Waals surface area contributed by atoms with Gasteiger partial charge in [0.1, 0.15) is 0 Å². The fourth-order valence-corrected chi connectivity index (χ4v) is 5.71. The zero-order valence-corrected chi connectivity index (χ0v) is 18.0. The maximum atomic E-state index is 12.9. The van der Waals surface area contributed by atoms with Crippen molar-refractivity contribution < 1.29 is 9.59 Å². The Morgan fingerprint density at radius 3 is 2.68 bits per heavy atom. The molecule has 156 valence electrons. The second kappa shape index (κ2) is 10.1. The van der Waals surface area contributed by atoms with E-state index in [4.69, 9.17) is 0 Å². The maximum absolute atomic E-state index is 12.9. The molecule has 0 radical (unpaired) electrons. The van der Waals surface area contributed by atoms with Crippen molar-refractivity contribution in [1.82, 2.24) is 15.5 Å². The molecule has 1 aromatic rings. The number of amides is 2. The number of hydrogen-bond donors (Lipinski definition) is 2. The first-order valence-corrected chi connectivity index (χ1v) is 11.4. The zero-order chi connectivity index (χ0) is 18.6. The Labute approximate surface area is 178 Å². The molecule has 3 aliphatic rings. The summed E-state index contributed by atoms with van der Waals surface area (Å²) in [5.74, 6) is 1.17. The monoisotopic (exact) mass is 425 g/mol. The van der Waals surface area contributed by atoms with E-state index in [1.165, 1.54) is 30.6 Å². The van der Waals surface area contributed by atoms with Crippen molar-refractivity contribution in [2.75, 3.05) is 19.6 Å². The molecule has 2 aliphatic heterocycles. The molecule has 3 unspecified atom stereocenters. The molecule has 3 fully saturated rings. The fourth-order valence-electron chi connectivity index (χ4n) is 5.00. The summed E-state index contributed by atoms with van der Waals surface area (Å²) >= 11 is 1.73. The van der Waals surface area contributed by atoms with E-state index in [0.717, 1.165) is 38.8 Å². The maximum Gasteiger partial charge on any atom is 0.239 e. The normalized spacial score (nSPS) is 27.7. The molecule has 7 heteroatoms. The molecule has 1 saturated carbocycles. The summed E-state index contributed by atoms with van der Waals surface area (Å²) in [5, 5.41) is 8.74. The van der Waals surface area contributed by atoms with Gasteiger partial charge in [-0.15, -0.1) is 23.7 Å². The molecule has 0 aromatic carbocycles. The van der Waals surface area contributed by atoms with Crippen molar-refractivity contribution >= 4 is 35.6 Å². The number of nitrogens with one attached hydrogen (secondary N) is 2. The number of carbonyl (C=O) groups is 2.